The largest absolute Gasteiger partial charge is 0.368 e. The highest BCUT2D eigenvalue weighted by Crippen LogP contribution is 2.37. The Hall–Kier alpha value is -0.450. The smallest absolute Gasteiger partial charge is 0.107 e. The van der Waals surface area contributed by atoms with E-state index in [0.717, 1.165) is 23.7 Å². The minimum atomic E-state index is -0.101. The second kappa shape index (κ2) is 4.34. The van der Waals surface area contributed by atoms with Crippen LogP contribution in [-0.4, -0.2) is 22.2 Å². The summed E-state index contributed by atoms with van der Waals surface area (Å²) < 4.78 is 6.06. The average molecular weight is 254 g/mol. The zero-order valence-electron chi connectivity index (χ0n) is 11.3. The highest BCUT2D eigenvalue weighted by molar-refractivity contribution is 7.09. The van der Waals surface area contributed by atoms with E-state index in [4.69, 9.17) is 4.74 Å². The molecule has 3 nitrogen and oxygen atoms in total. The first-order valence-electron chi connectivity index (χ1n) is 6.13. The van der Waals surface area contributed by atoms with Gasteiger partial charge in [-0.25, -0.2) is 4.98 Å². The number of nitrogens with zero attached hydrogens (tertiary/aromatic N) is 1. The van der Waals surface area contributed by atoms with Gasteiger partial charge in [0.15, 0.2) is 0 Å². The van der Waals surface area contributed by atoms with Gasteiger partial charge in [-0.1, -0.05) is 0 Å². The number of nitrogens with one attached hydrogen (secondary N) is 1. The second-order valence-electron chi connectivity index (χ2n) is 5.99. The van der Waals surface area contributed by atoms with Crippen molar-refractivity contribution in [3.8, 4) is 0 Å². The molecule has 1 saturated heterocycles. The highest BCUT2D eigenvalue weighted by atomic mass is 32.1. The molecule has 0 bridgehead atoms. The molecule has 0 saturated carbocycles. The van der Waals surface area contributed by atoms with Crippen LogP contribution in [0.2, 0.25) is 0 Å². The van der Waals surface area contributed by atoms with Crippen molar-refractivity contribution >= 4 is 11.3 Å². The quantitative estimate of drug-likeness (QED) is 0.900. The number of thiazole rings is 1. The zero-order valence-corrected chi connectivity index (χ0v) is 12.1. The summed E-state index contributed by atoms with van der Waals surface area (Å²) in [5.41, 5.74) is 0.976. The fraction of sp³-hybridized carbons (Fsp3) is 0.769. The first-order valence-corrected chi connectivity index (χ1v) is 7.01. The van der Waals surface area contributed by atoms with Gasteiger partial charge in [0.1, 0.15) is 5.01 Å². The van der Waals surface area contributed by atoms with E-state index in [-0.39, 0.29) is 11.2 Å². The molecule has 1 fully saturated rings. The van der Waals surface area contributed by atoms with Gasteiger partial charge < -0.3 is 10.1 Å². The number of rotatable bonds is 3. The average Bonchev–Trinajstić information content (AvgIpc) is 2.64. The van der Waals surface area contributed by atoms with E-state index in [1.807, 2.05) is 6.92 Å². The van der Waals surface area contributed by atoms with Crippen molar-refractivity contribution in [1.82, 2.24) is 10.3 Å². The van der Waals surface area contributed by atoms with E-state index >= 15 is 0 Å². The van der Waals surface area contributed by atoms with Crippen LogP contribution in [0.15, 0.2) is 5.38 Å². The number of hydrogen-bond donors (Lipinski definition) is 1. The maximum Gasteiger partial charge on any atom is 0.107 e. The molecule has 0 aromatic carbocycles. The Morgan fingerprint density at radius 2 is 2.18 bits per heavy atom. The van der Waals surface area contributed by atoms with Crippen LogP contribution < -0.4 is 5.32 Å². The van der Waals surface area contributed by atoms with Gasteiger partial charge in [0.25, 0.3) is 0 Å². The van der Waals surface area contributed by atoms with Crippen LogP contribution in [0, 0.1) is 6.92 Å². The van der Waals surface area contributed by atoms with Crippen molar-refractivity contribution in [2.45, 2.75) is 64.8 Å². The van der Waals surface area contributed by atoms with E-state index < -0.39 is 0 Å². The van der Waals surface area contributed by atoms with Crippen molar-refractivity contribution in [3.63, 3.8) is 0 Å². The fourth-order valence-electron chi connectivity index (χ4n) is 2.57. The van der Waals surface area contributed by atoms with E-state index in [1.54, 1.807) is 11.3 Å². The molecular formula is C13H22N2OS. The monoisotopic (exact) mass is 254 g/mol. The third kappa shape index (κ3) is 3.06. The standard InChI is InChI=1S/C13H22N2OS/c1-9-8-17-11(15-9)7-14-10-6-12(2,3)16-13(10,4)5/h8,10,14H,6-7H2,1-5H3. The molecule has 1 aromatic rings. The third-order valence-electron chi connectivity index (χ3n) is 3.24. The molecule has 0 spiro atoms. The van der Waals surface area contributed by atoms with Gasteiger partial charge in [-0.2, -0.15) is 0 Å². The molecular weight excluding hydrogens is 232 g/mol. The molecule has 1 aliphatic heterocycles. The Balaban J connectivity index is 1.95. The van der Waals surface area contributed by atoms with E-state index in [0.29, 0.717) is 6.04 Å². The Bertz CT molecular complexity index is 398. The normalized spacial score (nSPS) is 26.3. The highest BCUT2D eigenvalue weighted by Gasteiger charge is 2.45. The minimum absolute atomic E-state index is 0.0278. The Kier molecular flexibility index (Phi) is 3.31. The van der Waals surface area contributed by atoms with E-state index in [1.165, 1.54) is 0 Å². The summed E-state index contributed by atoms with van der Waals surface area (Å²) in [6.45, 7) is 11.5. The maximum absolute atomic E-state index is 6.06. The molecule has 2 heterocycles. The van der Waals surface area contributed by atoms with Crippen molar-refractivity contribution < 1.29 is 4.74 Å². The summed E-state index contributed by atoms with van der Waals surface area (Å²) in [5, 5.41) is 6.83. The molecule has 17 heavy (non-hydrogen) atoms. The summed E-state index contributed by atoms with van der Waals surface area (Å²) in [5.74, 6) is 0. The summed E-state index contributed by atoms with van der Waals surface area (Å²) in [4.78, 5) is 4.47. The lowest BCUT2D eigenvalue weighted by molar-refractivity contribution is -0.0699. The Morgan fingerprint density at radius 1 is 1.47 bits per heavy atom. The number of aryl methyl sites for hydroxylation is 1. The zero-order chi connectivity index (χ0) is 12.7. The molecule has 0 amide bonds. The molecule has 1 aromatic heterocycles. The first kappa shape index (κ1) is 13.0. The molecule has 96 valence electrons. The molecule has 1 N–H and O–H groups in total. The Morgan fingerprint density at radius 3 is 2.65 bits per heavy atom. The summed E-state index contributed by atoms with van der Waals surface area (Å²) in [6, 6.07) is 0.390. The molecule has 1 unspecified atom stereocenters. The van der Waals surface area contributed by atoms with Crippen LogP contribution in [0.4, 0.5) is 0 Å². The van der Waals surface area contributed by atoms with Gasteiger partial charge in [-0.15, -0.1) is 11.3 Å². The summed E-state index contributed by atoms with van der Waals surface area (Å²) >= 11 is 1.72. The number of hydrogen-bond acceptors (Lipinski definition) is 4. The Labute approximate surface area is 108 Å². The third-order valence-corrected chi connectivity index (χ3v) is 4.21. The molecule has 0 radical (unpaired) electrons. The molecule has 2 rings (SSSR count). The van der Waals surface area contributed by atoms with Gasteiger partial charge in [0.05, 0.1) is 11.2 Å². The first-order chi connectivity index (χ1) is 7.78. The van der Waals surface area contributed by atoms with E-state index in [9.17, 15) is 0 Å². The summed E-state index contributed by atoms with van der Waals surface area (Å²) in [7, 11) is 0. The van der Waals surface area contributed by atoms with Crippen molar-refractivity contribution in [1.29, 1.82) is 0 Å². The maximum atomic E-state index is 6.06. The van der Waals surface area contributed by atoms with Crippen molar-refractivity contribution in [2.24, 2.45) is 0 Å². The lowest BCUT2D eigenvalue weighted by Crippen LogP contribution is -2.42. The SMILES string of the molecule is Cc1csc(CNC2CC(C)(C)OC2(C)C)n1. The lowest BCUT2D eigenvalue weighted by atomic mass is 9.94. The second-order valence-corrected chi connectivity index (χ2v) is 6.93. The van der Waals surface area contributed by atoms with Crippen LogP contribution in [0.5, 0.6) is 0 Å². The number of aromatic nitrogens is 1. The van der Waals surface area contributed by atoms with Crippen molar-refractivity contribution in [2.75, 3.05) is 0 Å². The van der Waals surface area contributed by atoms with Crippen molar-refractivity contribution in [3.05, 3.63) is 16.1 Å². The van der Waals surface area contributed by atoms with Gasteiger partial charge in [-0.3, -0.25) is 0 Å². The predicted octanol–water partition coefficient (Wildman–Crippen LogP) is 2.89. The summed E-state index contributed by atoms with van der Waals surface area (Å²) in [6.07, 6.45) is 1.05. The van der Waals surface area contributed by atoms with E-state index in [2.05, 4.69) is 43.4 Å². The number of ether oxygens (including phenoxy) is 1. The molecule has 4 heteroatoms. The molecule has 0 aliphatic carbocycles. The van der Waals surface area contributed by atoms with Crippen LogP contribution in [0.25, 0.3) is 0 Å². The van der Waals surface area contributed by atoms with Crippen LogP contribution in [0.1, 0.15) is 44.8 Å². The minimum Gasteiger partial charge on any atom is -0.368 e. The molecule has 1 aliphatic rings. The van der Waals surface area contributed by atoms with Crippen LogP contribution in [-0.2, 0) is 11.3 Å². The van der Waals surface area contributed by atoms with Gasteiger partial charge in [0.2, 0.25) is 0 Å². The topological polar surface area (TPSA) is 34.1 Å². The van der Waals surface area contributed by atoms with Gasteiger partial charge >= 0.3 is 0 Å². The lowest BCUT2D eigenvalue weighted by Gasteiger charge is -2.27. The molecule has 1 atom stereocenters. The van der Waals surface area contributed by atoms with Gasteiger partial charge in [-0.05, 0) is 41.0 Å². The predicted molar refractivity (Wildman–Crippen MR) is 71.3 cm³/mol. The van der Waals surface area contributed by atoms with Gasteiger partial charge in [0, 0.05) is 23.7 Å². The van der Waals surface area contributed by atoms with Crippen LogP contribution in [0.3, 0.4) is 0 Å². The fourth-order valence-corrected chi connectivity index (χ4v) is 3.30. The van der Waals surface area contributed by atoms with Crippen LogP contribution >= 0.6 is 11.3 Å².